The van der Waals surface area contributed by atoms with Crippen molar-refractivity contribution in [2.75, 3.05) is 19.7 Å². The average Bonchev–Trinajstić information content (AvgIpc) is 3.09. The molecule has 2 N–H and O–H groups in total. The lowest BCUT2D eigenvalue weighted by molar-refractivity contribution is -0.134. The minimum absolute atomic E-state index is 0.249. The molecule has 0 unspecified atom stereocenters. The third-order valence-corrected chi connectivity index (χ3v) is 5.50. The molecule has 7 heteroatoms. The molecule has 1 saturated heterocycles. The lowest BCUT2D eigenvalue weighted by Gasteiger charge is -2.28. The second kappa shape index (κ2) is 9.56. The Morgan fingerprint density at radius 1 is 0.939 bits per heavy atom. The molecular formula is C26H25N3O4. The molecule has 1 aliphatic heterocycles. The summed E-state index contributed by atoms with van der Waals surface area (Å²) in [7, 11) is 0. The number of aryl methyl sites for hydroxylation is 1. The van der Waals surface area contributed by atoms with Crippen LogP contribution in [-0.4, -0.2) is 42.4 Å². The van der Waals surface area contributed by atoms with Crippen molar-refractivity contribution in [3.05, 3.63) is 102 Å². The van der Waals surface area contributed by atoms with E-state index in [9.17, 15) is 14.4 Å². The summed E-state index contributed by atoms with van der Waals surface area (Å²) in [6.07, 6.45) is 0. The van der Waals surface area contributed by atoms with Crippen molar-refractivity contribution in [3.63, 3.8) is 0 Å². The number of hydrogen-bond acceptors (Lipinski definition) is 4. The topological polar surface area (TPSA) is 87.7 Å². The summed E-state index contributed by atoms with van der Waals surface area (Å²) in [6, 6.07) is 25.1. The maximum absolute atomic E-state index is 13.6. The lowest BCUT2D eigenvalue weighted by atomic mass is 9.82. The second-order valence-corrected chi connectivity index (χ2v) is 7.82. The zero-order chi connectivity index (χ0) is 23.3. The van der Waals surface area contributed by atoms with Gasteiger partial charge in [0, 0.05) is 0 Å². The van der Waals surface area contributed by atoms with Crippen molar-refractivity contribution in [2.45, 2.75) is 12.5 Å². The number of carbonyl (C=O) groups excluding carboxylic acids is 3. The normalized spacial score (nSPS) is 14.6. The number of urea groups is 1. The van der Waals surface area contributed by atoms with Crippen molar-refractivity contribution < 1.29 is 19.1 Å². The van der Waals surface area contributed by atoms with Gasteiger partial charge in [-0.15, -0.1) is 0 Å². The van der Waals surface area contributed by atoms with Crippen LogP contribution in [0.2, 0.25) is 0 Å². The Bertz CT molecular complexity index is 1110. The Morgan fingerprint density at radius 2 is 1.58 bits per heavy atom. The summed E-state index contributed by atoms with van der Waals surface area (Å²) in [4.78, 5) is 39.8. The first-order chi connectivity index (χ1) is 16.0. The van der Waals surface area contributed by atoms with Gasteiger partial charge in [0.1, 0.15) is 18.9 Å². The van der Waals surface area contributed by atoms with E-state index in [0.29, 0.717) is 16.9 Å². The van der Waals surface area contributed by atoms with Gasteiger partial charge < -0.3 is 15.4 Å². The van der Waals surface area contributed by atoms with Gasteiger partial charge in [0.2, 0.25) is 5.91 Å². The number of ether oxygens (including phenoxy) is 1. The monoisotopic (exact) mass is 443 g/mol. The molecule has 0 bridgehead atoms. The highest BCUT2D eigenvalue weighted by Gasteiger charge is 2.53. The van der Waals surface area contributed by atoms with Crippen LogP contribution in [0.1, 0.15) is 16.7 Å². The number of benzene rings is 3. The Balaban J connectivity index is 1.44. The summed E-state index contributed by atoms with van der Waals surface area (Å²) < 4.78 is 5.62. The van der Waals surface area contributed by atoms with Gasteiger partial charge in [-0.25, -0.2) is 4.79 Å². The highest BCUT2D eigenvalue weighted by Crippen LogP contribution is 2.35. The van der Waals surface area contributed by atoms with Crippen LogP contribution in [0.3, 0.4) is 0 Å². The number of amides is 4. The molecule has 0 atom stereocenters. The lowest BCUT2D eigenvalue weighted by Crippen LogP contribution is -2.46. The van der Waals surface area contributed by atoms with Crippen molar-refractivity contribution >= 4 is 17.8 Å². The smallest absolute Gasteiger partial charge is 0.326 e. The van der Waals surface area contributed by atoms with Crippen LogP contribution in [0, 0.1) is 6.92 Å². The highest BCUT2D eigenvalue weighted by atomic mass is 16.5. The molecular weight excluding hydrogens is 418 g/mol. The summed E-state index contributed by atoms with van der Waals surface area (Å²) in [5, 5.41) is 5.54. The van der Waals surface area contributed by atoms with E-state index in [1.54, 1.807) is 24.3 Å². The maximum atomic E-state index is 13.6. The first kappa shape index (κ1) is 22.1. The predicted molar refractivity (Wildman–Crippen MR) is 124 cm³/mol. The first-order valence-corrected chi connectivity index (χ1v) is 10.7. The highest BCUT2D eigenvalue weighted by molar-refractivity contribution is 6.11. The van der Waals surface area contributed by atoms with E-state index in [4.69, 9.17) is 4.74 Å². The predicted octanol–water partition coefficient (Wildman–Crippen LogP) is 2.99. The fourth-order valence-electron chi connectivity index (χ4n) is 3.92. The second-order valence-electron chi connectivity index (χ2n) is 7.82. The first-order valence-electron chi connectivity index (χ1n) is 10.7. The zero-order valence-corrected chi connectivity index (χ0v) is 18.3. The fraction of sp³-hybridized carbons (Fsp3) is 0.192. The van der Waals surface area contributed by atoms with Crippen LogP contribution < -0.4 is 15.4 Å². The van der Waals surface area contributed by atoms with E-state index >= 15 is 0 Å². The number of carbonyl (C=O) groups is 3. The van der Waals surface area contributed by atoms with E-state index in [0.717, 1.165) is 10.5 Å². The van der Waals surface area contributed by atoms with E-state index in [2.05, 4.69) is 10.6 Å². The molecule has 1 heterocycles. The molecule has 3 aromatic carbocycles. The maximum Gasteiger partial charge on any atom is 0.326 e. The molecule has 3 aromatic rings. The van der Waals surface area contributed by atoms with Crippen molar-refractivity contribution in [2.24, 2.45) is 0 Å². The standard InChI is InChI=1S/C26H25N3O4/c1-19-9-8-14-22(17-19)33-16-15-27-23(30)18-29-24(31)26(28-25(29)32,20-10-4-2-5-11-20)21-12-6-3-7-13-21/h2-14,17H,15-16,18H2,1H3,(H,27,30)(H,28,32). The van der Waals surface area contributed by atoms with Crippen LogP contribution in [0.5, 0.6) is 5.75 Å². The largest absolute Gasteiger partial charge is 0.492 e. The minimum atomic E-state index is -1.38. The van der Waals surface area contributed by atoms with Gasteiger partial charge in [-0.1, -0.05) is 72.8 Å². The number of imide groups is 1. The zero-order valence-electron chi connectivity index (χ0n) is 18.3. The number of nitrogens with one attached hydrogen (secondary N) is 2. The van der Waals surface area contributed by atoms with E-state index in [1.165, 1.54) is 0 Å². The van der Waals surface area contributed by atoms with Gasteiger partial charge in [-0.3, -0.25) is 14.5 Å². The molecule has 1 fully saturated rings. The molecule has 168 valence electrons. The van der Waals surface area contributed by atoms with Gasteiger partial charge in [0.05, 0.1) is 6.54 Å². The summed E-state index contributed by atoms with van der Waals surface area (Å²) >= 11 is 0. The van der Waals surface area contributed by atoms with E-state index in [-0.39, 0.29) is 19.7 Å². The SMILES string of the molecule is Cc1cccc(OCCNC(=O)CN2C(=O)NC(c3ccccc3)(c3ccccc3)C2=O)c1. The van der Waals surface area contributed by atoms with Gasteiger partial charge in [0.25, 0.3) is 5.91 Å². The van der Waals surface area contributed by atoms with Crippen LogP contribution in [0.4, 0.5) is 4.79 Å². The molecule has 4 rings (SSSR count). The molecule has 0 spiro atoms. The number of hydrogen-bond donors (Lipinski definition) is 2. The molecule has 0 saturated carbocycles. The van der Waals surface area contributed by atoms with E-state index in [1.807, 2.05) is 67.6 Å². The number of nitrogens with zero attached hydrogens (tertiary/aromatic N) is 1. The minimum Gasteiger partial charge on any atom is -0.492 e. The van der Waals surface area contributed by atoms with Crippen LogP contribution >= 0.6 is 0 Å². The van der Waals surface area contributed by atoms with Crippen molar-refractivity contribution in [3.8, 4) is 5.75 Å². The Kier molecular flexibility index (Phi) is 6.40. The Morgan fingerprint density at radius 3 is 2.18 bits per heavy atom. The molecule has 33 heavy (non-hydrogen) atoms. The molecule has 4 amide bonds. The molecule has 7 nitrogen and oxygen atoms in total. The third-order valence-electron chi connectivity index (χ3n) is 5.50. The quantitative estimate of drug-likeness (QED) is 0.414. The molecule has 0 aromatic heterocycles. The van der Waals surface area contributed by atoms with Crippen molar-refractivity contribution in [1.82, 2.24) is 15.5 Å². The van der Waals surface area contributed by atoms with Gasteiger partial charge >= 0.3 is 6.03 Å². The summed E-state index contributed by atoms with van der Waals surface area (Å²) in [5.41, 5.74) is 0.956. The van der Waals surface area contributed by atoms with Gasteiger partial charge in [-0.2, -0.15) is 0 Å². The Labute approximate surface area is 192 Å². The van der Waals surface area contributed by atoms with E-state index < -0.39 is 23.4 Å². The van der Waals surface area contributed by atoms with Crippen LogP contribution in [0.25, 0.3) is 0 Å². The molecule has 0 radical (unpaired) electrons. The van der Waals surface area contributed by atoms with Crippen LogP contribution in [0.15, 0.2) is 84.9 Å². The van der Waals surface area contributed by atoms with Gasteiger partial charge in [0.15, 0.2) is 5.54 Å². The summed E-state index contributed by atoms with van der Waals surface area (Å²) in [5.74, 6) is -0.215. The molecule has 0 aliphatic carbocycles. The molecule has 1 aliphatic rings. The summed E-state index contributed by atoms with van der Waals surface area (Å²) in [6.45, 7) is 2.11. The Hall–Kier alpha value is -4.13. The average molecular weight is 444 g/mol. The van der Waals surface area contributed by atoms with Gasteiger partial charge in [-0.05, 0) is 35.7 Å². The van der Waals surface area contributed by atoms with Crippen LogP contribution in [-0.2, 0) is 15.1 Å². The third kappa shape index (κ3) is 4.57. The number of rotatable bonds is 8. The fourth-order valence-corrected chi connectivity index (χ4v) is 3.92. The van der Waals surface area contributed by atoms with Crippen molar-refractivity contribution in [1.29, 1.82) is 0 Å².